The number of nitrogens with one attached hydrogen (secondary N) is 2. The minimum absolute atomic E-state index is 0.0161. The van der Waals surface area contributed by atoms with Crippen LogP contribution in [0, 0.1) is 5.92 Å². The lowest BCUT2D eigenvalue weighted by atomic mass is 9.99. The highest BCUT2D eigenvalue weighted by atomic mass is 16.5. The molecule has 2 amide bonds. The third-order valence-electron chi connectivity index (χ3n) is 6.22. The average Bonchev–Trinajstić information content (AvgIpc) is 3.21. The van der Waals surface area contributed by atoms with Gasteiger partial charge >= 0.3 is 0 Å². The summed E-state index contributed by atoms with van der Waals surface area (Å²) in [7, 11) is 0. The zero-order valence-corrected chi connectivity index (χ0v) is 20.3. The van der Waals surface area contributed by atoms with E-state index in [0.717, 1.165) is 37.6 Å². The second-order valence-electron chi connectivity index (χ2n) is 9.81. The van der Waals surface area contributed by atoms with Crippen molar-refractivity contribution in [1.82, 2.24) is 10.2 Å². The minimum atomic E-state index is -0.249. The van der Waals surface area contributed by atoms with E-state index in [1.54, 1.807) is 0 Å². The molecule has 0 bridgehead atoms. The molecule has 2 heterocycles. The van der Waals surface area contributed by atoms with Crippen molar-refractivity contribution in [3.8, 4) is 0 Å². The van der Waals surface area contributed by atoms with Gasteiger partial charge in [0.25, 0.3) is 0 Å². The molecule has 32 heavy (non-hydrogen) atoms. The van der Waals surface area contributed by atoms with E-state index in [1.165, 1.54) is 12.8 Å². The zero-order valence-electron chi connectivity index (χ0n) is 20.3. The number of rotatable bonds is 8. The largest absolute Gasteiger partial charge is 0.373 e. The lowest BCUT2D eigenvalue weighted by Crippen LogP contribution is -2.58. The maximum absolute atomic E-state index is 13.1. The van der Waals surface area contributed by atoms with Crippen molar-refractivity contribution in [2.45, 2.75) is 78.2 Å². The Morgan fingerprint density at radius 2 is 1.75 bits per heavy atom. The highest BCUT2D eigenvalue weighted by Crippen LogP contribution is 2.23. The number of morpholine rings is 1. The van der Waals surface area contributed by atoms with Crippen LogP contribution in [0.3, 0.4) is 0 Å². The van der Waals surface area contributed by atoms with Gasteiger partial charge in [-0.25, -0.2) is 0 Å². The van der Waals surface area contributed by atoms with Gasteiger partial charge < -0.3 is 20.3 Å². The molecule has 0 aromatic heterocycles. The van der Waals surface area contributed by atoms with Crippen LogP contribution < -0.4 is 15.5 Å². The monoisotopic (exact) mass is 444 g/mol. The van der Waals surface area contributed by atoms with Crippen molar-refractivity contribution in [3.63, 3.8) is 0 Å². The Labute approximate surface area is 192 Å². The van der Waals surface area contributed by atoms with Gasteiger partial charge in [0.05, 0.1) is 18.2 Å². The minimum Gasteiger partial charge on any atom is -0.373 e. The Bertz CT molecular complexity index is 768. The fourth-order valence-corrected chi connectivity index (χ4v) is 4.96. The van der Waals surface area contributed by atoms with Gasteiger partial charge in [-0.2, -0.15) is 0 Å². The van der Waals surface area contributed by atoms with Gasteiger partial charge in [-0.15, -0.1) is 0 Å². The van der Waals surface area contributed by atoms with Gasteiger partial charge in [-0.1, -0.05) is 19.9 Å². The summed E-state index contributed by atoms with van der Waals surface area (Å²) in [6, 6.07) is 7.53. The molecule has 7 nitrogen and oxygen atoms in total. The first-order chi connectivity index (χ1) is 15.2. The van der Waals surface area contributed by atoms with E-state index in [-0.39, 0.29) is 48.4 Å². The summed E-state index contributed by atoms with van der Waals surface area (Å²) in [4.78, 5) is 30.3. The summed E-state index contributed by atoms with van der Waals surface area (Å²) in [5, 5.41) is 6.06. The average molecular weight is 445 g/mol. The van der Waals surface area contributed by atoms with E-state index < -0.39 is 0 Å². The first kappa shape index (κ1) is 24.5. The van der Waals surface area contributed by atoms with Crippen LogP contribution in [0.1, 0.15) is 53.9 Å². The number of hydrogen-bond acceptors (Lipinski definition) is 5. The van der Waals surface area contributed by atoms with Crippen molar-refractivity contribution in [2.24, 2.45) is 5.92 Å². The van der Waals surface area contributed by atoms with Gasteiger partial charge in [0.15, 0.2) is 0 Å². The topological polar surface area (TPSA) is 73.9 Å². The van der Waals surface area contributed by atoms with Gasteiger partial charge in [0.2, 0.25) is 11.8 Å². The van der Waals surface area contributed by atoms with E-state index in [9.17, 15) is 9.59 Å². The van der Waals surface area contributed by atoms with E-state index >= 15 is 0 Å². The quantitative estimate of drug-likeness (QED) is 0.644. The molecular formula is C25H40N4O3. The first-order valence-electron chi connectivity index (χ1n) is 12.1. The Hall–Kier alpha value is -2.12. The highest BCUT2D eigenvalue weighted by molar-refractivity contribution is 5.92. The molecule has 1 aromatic rings. The molecule has 4 atom stereocenters. The van der Waals surface area contributed by atoms with Crippen LogP contribution in [0.25, 0.3) is 0 Å². The number of benzene rings is 1. The molecule has 4 unspecified atom stereocenters. The molecule has 2 aliphatic heterocycles. The number of carbonyl (C=O) groups excluding carboxylic acids is 2. The second-order valence-corrected chi connectivity index (χ2v) is 9.81. The third-order valence-corrected chi connectivity index (χ3v) is 6.22. The molecule has 3 rings (SSSR count). The summed E-state index contributed by atoms with van der Waals surface area (Å²) < 4.78 is 5.83. The van der Waals surface area contributed by atoms with Gasteiger partial charge in [-0.05, 0) is 57.7 Å². The number of nitrogens with zero attached hydrogens (tertiary/aromatic N) is 2. The second kappa shape index (κ2) is 11.1. The van der Waals surface area contributed by atoms with E-state index in [0.29, 0.717) is 0 Å². The van der Waals surface area contributed by atoms with Crippen molar-refractivity contribution in [2.75, 3.05) is 36.4 Å². The predicted octanol–water partition coefficient (Wildman–Crippen LogP) is 3.25. The van der Waals surface area contributed by atoms with Gasteiger partial charge in [0.1, 0.15) is 0 Å². The Morgan fingerprint density at radius 1 is 1.09 bits per heavy atom. The molecule has 0 saturated carbocycles. The molecule has 0 spiro atoms. The maximum Gasteiger partial charge on any atom is 0.237 e. The molecule has 0 aliphatic carbocycles. The number of anilines is 2. The number of carbonyl (C=O) groups is 2. The van der Waals surface area contributed by atoms with Crippen LogP contribution in [-0.2, 0) is 14.3 Å². The van der Waals surface area contributed by atoms with Crippen LogP contribution in [-0.4, -0.2) is 67.2 Å². The van der Waals surface area contributed by atoms with Crippen molar-refractivity contribution >= 4 is 23.2 Å². The summed E-state index contributed by atoms with van der Waals surface area (Å²) >= 11 is 0. The van der Waals surface area contributed by atoms with E-state index in [2.05, 4.69) is 40.3 Å². The molecule has 178 valence electrons. The molecule has 2 saturated heterocycles. The fourth-order valence-electron chi connectivity index (χ4n) is 4.96. The van der Waals surface area contributed by atoms with Crippen LogP contribution in [0.15, 0.2) is 24.3 Å². The predicted molar refractivity (Wildman–Crippen MR) is 129 cm³/mol. The summed E-state index contributed by atoms with van der Waals surface area (Å²) in [6.45, 7) is 13.7. The number of amides is 2. The van der Waals surface area contributed by atoms with Crippen molar-refractivity contribution in [1.29, 1.82) is 0 Å². The first-order valence-corrected chi connectivity index (χ1v) is 12.1. The Morgan fingerprint density at radius 3 is 2.38 bits per heavy atom. The summed E-state index contributed by atoms with van der Waals surface area (Å²) in [5.41, 5.74) is 1.95. The molecule has 0 radical (unpaired) electrons. The lowest BCUT2D eigenvalue weighted by Gasteiger charge is -2.41. The maximum atomic E-state index is 13.1. The van der Waals surface area contributed by atoms with Crippen molar-refractivity contribution < 1.29 is 14.3 Å². The molecular weight excluding hydrogens is 404 g/mol. The van der Waals surface area contributed by atoms with Crippen LogP contribution in [0.5, 0.6) is 0 Å². The lowest BCUT2D eigenvalue weighted by molar-refractivity contribution is -0.136. The molecule has 7 heteroatoms. The molecule has 1 aromatic carbocycles. The third kappa shape index (κ3) is 6.69. The fraction of sp³-hybridized carbons (Fsp3) is 0.680. The van der Waals surface area contributed by atoms with Gasteiger partial charge in [-0.3, -0.25) is 14.5 Å². The summed E-state index contributed by atoms with van der Waals surface area (Å²) in [5.74, 6) is 0.0607. The Balaban J connectivity index is 1.53. The number of ether oxygens (including phenoxy) is 1. The highest BCUT2D eigenvalue weighted by Gasteiger charge is 2.34. The van der Waals surface area contributed by atoms with Gasteiger partial charge in [0, 0.05) is 50.0 Å². The van der Waals surface area contributed by atoms with Crippen LogP contribution >= 0.6 is 0 Å². The smallest absolute Gasteiger partial charge is 0.237 e. The van der Waals surface area contributed by atoms with E-state index in [1.807, 2.05) is 39.0 Å². The molecule has 2 N–H and O–H groups in total. The molecule has 2 aliphatic rings. The Kier molecular flexibility index (Phi) is 8.54. The SMILES string of the molecule is CC(CC(=O)Nc1cccc(N2CCCC2)c1)NC(=O)C(C(C)C)N1CC(C)OC(C)C1. The standard InChI is InChI=1S/C25H40N4O3/c1-17(2)24(29-15-19(4)32-20(5)16-29)25(31)26-18(3)13-23(30)27-21-9-8-10-22(14-21)28-11-6-7-12-28/h8-10,14,17-20,24H,6-7,11-13,15-16H2,1-5H3,(H,26,31)(H,27,30). The van der Waals surface area contributed by atoms with Crippen molar-refractivity contribution in [3.05, 3.63) is 24.3 Å². The zero-order chi connectivity index (χ0) is 23.3. The van der Waals surface area contributed by atoms with Crippen LogP contribution in [0.4, 0.5) is 11.4 Å². The van der Waals surface area contributed by atoms with E-state index in [4.69, 9.17) is 4.74 Å². The normalized spacial score (nSPS) is 23.8. The number of hydrogen-bond donors (Lipinski definition) is 2. The summed E-state index contributed by atoms with van der Waals surface area (Å²) in [6.07, 6.45) is 2.88. The molecule has 2 fully saturated rings. The van der Waals surface area contributed by atoms with Crippen LogP contribution in [0.2, 0.25) is 0 Å².